The molecule has 0 aliphatic carbocycles. The fraction of sp³-hybridized carbons (Fsp3) is 0. The molecule has 0 aromatic carbocycles. The average Bonchev–Trinajstić information content (AvgIpc) is 1.76. The summed E-state index contributed by atoms with van der Waals surface area (Å²) in [4.78, 5) is 0. The first kappa shape index (κ1) is 30.6. The van der Waals surface area contributed by atoms with Crippen LogP contribution in [0.2, 0.25) is 0 Å². The second-order valence-corrected chi connectivity index (χ2v) is 1.39. The Balaban J connectivity index is -0.0000000369. The zero-order valence-electron chi connectivity index (χ0n) is 8.18. The predicted octanol–water partition coefficient (Wildman–Crippen LogP) is -8.21. The van der Waals surface area contributed by atoms with Crippen molar-refractivity contribution >= 4 is 29.3 Å². The molecule has 17 heteroatoms. The summed E-state index contributed by atoms with van der Waals surface area (Å²) in [5.74, 6) is 0. The Labute approximate surface area is 116 Å². The molecule has 17 heavy (non-hydrogen) atoms. The topological polar surface area (TPSA) is 243 Å². The first-order chi connectivity index (χ1) is 6.93. The van der Waals surface area contributed by atoms with Gasteiger partial charge in [-0.2, -0.15) is 0 Å². The minimum Gasteiger partial charge on any atom is -0.402 e. The summed E-state index contributed by atoms with van der Waals surface area (Å²) in [5.41, 5.74) is 0. The normalized spacial score (nSPS) is 6.35. The van der Waals surface area contributed by atoms with Crippen molar-refractivity contribution in [1.29, 1.82) is 0 Å². The van der Waals surface area contributed by atoms with Crippen LogP contribution in [0.3, 0.4) is 0 Å². The number of rotatable bonds is 0. The molecular weight excluding hydrogens is 414 g/mol. The zero-order chi connectivity index (χ0) is 14.3. The van der Waals surface area contributed by atoms with E-state index in [9.17, 15) is 0 Å². The Kier molecular flexibility index (Phi) is 45.8. The van der Waals surface area contributed by atoms with Crippen LogP contribution >= 0.6 is 0 Å². The Morgan fingerprint density at radius 2 is 0.294 bits per heavy atom. The van der Waals surface area contributed by atoms with E-state index in [0.29, 0.717) is 0 Å². The second kappa shape index (κ2) is 25.5. The van der Waals surface area contributed by atoms with E-state index in [1.165, 1.54) is 0 Å². The minimum absolute atomic E-state index is 0. The van der Waals surface area contributed by atoms with Crippen LogP contribution in [0.5, 0.6) is 0 Å². The fourth-order valence-electron chi connectivity index (χ4n) is 0. The molecule has 0 fully saturated rings. The van der Waals surface area contributed by atoms with Gasteiger partial charge in [0, 0.05) is 25.8 Å². The Bertz CT molecular complexity index is 61.5. The zero-order valence-corrected chi connectivity index (χ0v) is 11.8. The summed E-state index contributed by atoms with van der Waals surface area (Å²) in [7, 11) is -8.67. The van der Waals surface area contributed by atoms with Gasteiger partial charge in [-0.1, -0.05) is 0 Å². The van der Waals surface area contributed by atoms with Gasteiger partial charge in [0.25, 0.3) is 0 Å². The summed E-state index contributed by atoms with van der Waals surface area (Å²) in [5, 5.41) is 86.0. The molecule has 12 N–H and O–H groups in total. The molecule has 0 heterocycles. The van der Waals surface area contributed by atoms with Crippen molar-refractivity contribution < 1.29 is 86.1 Å². The maximum atomic E-state index is 7.17. The van der Waals surface area contributed by atoms with Crippen LogP contribution in [0.25, 0.3) is 0 Å². The van der Waals surface area contributed by atoms with E-state index >= 15 is 0 Å². The van der Waals surface area contributed by atoms with Crippen LogP contribution in [-0.2, 0) is 25.8 Å². The molecule has 0 amide bonds. The smallest absolute Gasteiger partial charge is 0.402 e. The van der Waals surface area contributed by atoms with Crippen LogP contribution in [-0.4, -0.2) is 89.6 Å². The SMILES string of the molecule is OB(O)O.OB(O)O.OB(O)O.OB(O)O.[Hf]. The van der Waals surface area contributed by atoms with Crippen molar-refractivity contribution in [3.05, 3.63) is 0 Å². The van der Waals surface area contributed by atoms with E-state index in [0.717, 1.165) is 0 Å². The number of hydrogen-bond donors (Lipinski definition) is 12. The van der Waals surface area contributed by atoms with Gasteiger partial charge in [0.05, 0.1) is 0 Å². The van der Waals surface area contributed by atoms with E-state index in [2.05, 4.69) is 0 Å². The molecule has 0 atom stereocenters. The van der Waals surface area contributed by atoms with Crippen LogP contribution in [0.1, 0.15) is 0 Å². The molecule has 0 aliphatic heterocycles. The Hall–Kier alpha value is 0.650. The number of hydrogen-bond acceptors (Lipinski definition) is 12. The average molecular weight is 426 g/mol. The molecule has 0 saturated heterocycles. The van der Waals surface area contributed by atoms with E-state index in [-0.39, 0.29) is 25.8 Å². The summed E-state index contributed by atoms with van der Waals surface area (Å²) in [6.45, 7) is 0. The van der Waals surface area contributed by atoms with Gasteiger partial charge in [-0.25, -0.2) is 0 Å². The van der Waals surface area contributed by atoms with Crippen molar-refractivity contribution in [2.45, 2.75) is 0 Å². The van der Waals surface area contributed by atoms with Gasteiger partial charge >= 0.3 is 29.3 Å². The molecule has 100 valence electrons. The van der Waals surface area contributed by atoms with Crippen LogP contribution in [0, 0.1) is 0 Å². The minimum atomic E-state index is -2.17. The van der Waals surface area contributed by atoms with E-state index < -0.39 is 29.3 Å². The van der Waals surface area contributed by atoms with Crippen molar-refractivity contribution in [3.8, 4) is 0 Å². The molecule has 0 aliphatic rings. The molecule has 12 nitrogen and oxygen atoms in total. The molecule has 0 aromatic rings. The maximum absolute atomic E-state index is 7.17. The van der Waals surface area contributed by atoms with Gasteiger partial charge < -0.3 is 60.3 Å². The van der Waals surface area contributed by atoms with Crippen LogP contribution < -0.4 is 0 Å². The molecule has 0 rings (SSSR count). The molecule has 0 radical (unpaired) electrons. The predicted molar refractivity (Wildman–Crippen MR) is 49.6 cm³/mol. The van der Waals surface area contributed by atoms with Crippen LogP contribution in [0.4, 0.5) is 0 Å². The largest absolute Gasteiger partial charge is 0.631 e. The third-order valence-corrected chi connectivity index (χ3v) is 0. The standard InChI is InChI=1S/4BH3O3.Hf/c4*2-1(3)4;/h4*2-4H;. The third kappa shape index (κ3) is 8460. The Morgan fingerprint density at radius 3 is 0.294 bits per heavy atom. The van der Waals surface area contributed by atoms with Crippen molar-refractivity contribution in [3.63, 3.8) is 0 Å². The van der Waals surface area contributed by atoms with Gasteiger partial charge in [-0.15, -0.1) is 0 Å². The summed E-state index contributed by atoms with van der Waals surface area (Å²) in [6.07, 6.45) is 0. The van der Waals surface area contributed by atoms with Crippen molar-refractivity contribution in [2.24, 2.45) is 0 Å². The van der Waals surface area contributed by atoms with Gasteiger partial charge in [-0.3, -0.25) is 0 Å². The third-order valence-electron chi connectivity index (χ3n) is 0. The summed E-state index contributed by atoms with van der Waals surface area (Å²) >= 11 is 0. The van der Waals surface area contributed by atoms with Gasteiger partial charge in [0.1, 0.15) is 0 Å². The summed E-state index contributed by atoms with van der Waals surface area (Å²) < 4.78 is 0. The monoisotopic (exact) mass is 428 g/mol. The van der Waals surface area contributed by atoms with Crippen molar-refractivity contribution in [1.82, 2.24) is 0 Å². The summed E-state index contributed by atoms with van der Waals surface area (Å²) in [6, 6.07) is 0. The first-order valence-electron chi connectivity index (χ1n) is 3.10. The van der Waals surface area contributed by atoms with E-state index in [1.807, 2.05) is 0 Å². The Morgan fingerprint density at radius 1 is 0.294 bits per heavy atom. The van der Waals surface area contributed by atoms with Gasteiger partial charge in [-0.05, 0) is 0 Å². The maximum Gasteiger partial charge on any atom is 0.631 e. The van der Waals surface area contributed by atoms with E-state index in [1.54, 1.807) is 0 Å². The molecule has 0 aromatic heterocycles. The van der Waals surface area contributed by atoms with E-state index in [4.69, 9.17) is 60.3 Å². The van der Waals surface area contributed by atoms with Gasteiger partial charge in [0.2, 0.25) is 0 Å². The van der Waals surface area contributed by atoms with Crippen LogP contribution in [0.15, 0.2) is 0 Å². The van der Waals surface area contributed by atoms with Crippen molar-refractivity contribution in [2.75, 3.05) is 0 Å². The first-order valence-corrected chi connectivity index (χ1v) is 3.10. The molecular formula is H12B4HfO12. The molecule has 0 bridgehead atoms. The molecule has 0 saturated carbocycles. The fourth-order valence-corrected chi connectivity index (χ4v) is 0. The quantitative estimate of drug-likeness (QED) is 0.162. The second-order valence-electron chi connectivity index (χ2n) is 1.39. The molecule has 0 unspecified atom stereocenters. The van der Waals surface area contributed by atoms with Gasteiger partial charge in [0.15, 0.2) is 0 Å². The molecule has 0 spiro atoms.